The Hall–Kier alpha value is -2.62. The van der Waals surface area contributed by atoms with E-state index in [0.717, 1.165) is 36.0 Å². The molecule has 1 saturated heterocycles. The summed E-state index contributed by atoms with van der Waals surface area (Å²) < 4.78 is 0. The number of H-pyrrole nitrogens is 1. The van der Waals surface area contributed by atoms with Crippen LogP contribution < -0.4 is 0 Å². The van der Waals surface area contributed by atoms with Gasteiger partial charge in [-0.1, -0.05) is 44.5 Å². The summed E-state index contributed by atoms with van der Waals surface area (Å²) in [6.45, 7) is 10.0. The van der Waals surface area contributed by atoms with Gasteiger partial charge in [0.2, 0.25) is 0 Å². The molecule has 2 bridgehead atoms. The Kier molecular flexibility index (Phi) is 3.55. The first-order chi connectivity index (χ1) is 13.3. The zero-order valence-corrected chi connectivity index (χ0v) is 17.0. The standard InChI is InChI=1S/C24H27N3O/c1-15-5-7-18-17(11-15)13-21-23(2,3)24(18,4)9-10-27(21)22(28)16-6-8-19-20(12-16)26-14-25-19/h5-8,11-12,14,21H,9-10,13H2,1-4H3,(H,25,26)/t21?,24-/m0/s1. The quantitative estimate of drug-likeness (QED) is 0.676. The fourth-order valence-corrected chi connectivity index (χ4v) is 5.54. The van der Waals surface area contributed by atoms with Gasteiger partial charge in [-0.2, -0.15) is 0 Å². The number of likely N-dealkylation sites (tertiary alicyclic amines) is 1. The maximum Gasteiger partial charge on any atom is 0.254 e. The molecule has 1 fully saturated rings. The SMILES string of the molecule is Cc1ccc2c(c1)CC1N(C(=O)c3ccc4nc[nH]c4c3)CC[C@]2(C)C1(C)C. The monoisotopic (exact) mass is 373 g/mol. The summed E-state index contributed by atoms with van der Waals surface area (Å²) in [6.07, 6.45) is 3.59. The van der Waals surface area contributed by atoms with E-state index in [0.29, 0.717) is 0 Å². The number of carbonyl (C=O) groups excluding carboxylic acids is 1. The highest BCUT2D eigenvalue weighted by atomic mass is 16.2. The van der Waals surface area contributed by atoms with Gasteiger partial charge in [-0.3, -0.25) is 4.79 Å². The van der Waals surface area contributed by atoms with Crippen molar-refractivity contribution in [2.24, 2.45) is 5.41 Å². The first kappa shape index (κ1) is 17.5. The van der Waals surface area contributed by atoms with Crippen LogP contribution in [0.4, 0.5) is 0 Å². The van der Waals surface area contributed by atoms with Crippen LogP contribution in [0.3, 0.4) is 0 Å². The molecule has 2 aromatic carbocycles. The molecule has 1 amide bonds. The lowest BCUT2D eigenvalue weighted by molar-refractivity contribution is -0.0262. The number of carbonyl (C=O) groups is 1. The van der Waals surface area contributed by atoms with Crippen LogP contribution in [-0.2, 0) is 11.8 Å². The van der Waals surface area contributed by atoms with Gasteiger partial charge in [-0.05, 0) is 54.5 Å². The van der Waals surface area contributed by atoms with Gasteiger partial charge in [-0.25, -0.2) is 4.98 Å². The molecular weight excluding hydrogens is 346 g/mol. The summed E-state index contributed by atoms with van der Waals surface area (Å²) in [5.74, 6) is 0.132. The average Bonchev–Trinajstić information content (AvgIpc) is 3.12. The van der Waals surface area contributed by atoms with Gasteiger partial charge in [0.15, 0.2) is 0 Å². The normalized spacial score (nSPS) is 25.6. The van der Waals surface area contributed by atoms with Gasteiger partial charge in [-0.15, -0.1) is 0 Å². The molecular formula is C24H27N3O. The summed E-state index contributed by atoms with van der Waals surface area (Å²) in [7, 11) is 0. The Bertz CT molecular complexity index is 1100. The lowest BCUT2D eigenvalue weighted by atomic mass is 9.51. The molecule has 0 spiro atoms. The topological polar surface area (TPSA) is 49.0 Å². The lowest BCUT2D eigenvalue weighted by Gasteiger charge is -2.60. The second kappa shape index (κ2) is 5.69. The summed E-state index contributed by atoms with van der Waals surface area (Å²) in [5, 5.41) is 0. The molecule has 2 aliphatic rings. The maximum absolute atomic E-state index is 13.5. The highest BCUT2D eigenvalue weighted by Crippen LogP contribution is 2.56. The molecule has 2 atom stereocenters. The first-order valence-corrected chi connectivity index (χ1v) is 10.2. The number of nitrogens with zero attached hydrogens (tertiary/aromatic N) is 2. The molecule has 0 radical (unpaired) electrons. The van der Waals surface area contributed by atoms with Gasteiger partial charge >= 0.3 is 0 Å². The molecule has 1 aromatic heterocycles. The number of piperidine rings is 1. The maximum atomic E-state index is 13.5. The van der Waals surface area contributed by atoms with Crippen molar-refractivity contribution in [2.45, 2.75) is 52.0 Å². The zero-order chi connectivity index (χ0) is 19.7. The van der Waals surface area contributed by atoms with E-state index in [1.54, 1.807) is 6.33 Å². The van der Waals surface area contributed by atoms with E-state index in [-0.39, 0.29) is 22.8 Å². The van der Waals surface area contributed by atoms with Crippen LogP contribution in [0, 0.1) is 12.3 Å². The van der Waals surface area contributed by atoms with Crippen molar-refractivity contribution in [1.82, 2.24) is 14.9 Å². The smallest absolute Gasteiger partial charge is 0.254 e. The lowest BCUT2D eigenvalue weighted by Crippen LogP contribution is -2.64. The molecule has 1 N–H and O–H groups in total. The van der Waals surface area contributed by atoms with Crippen LogP contribution in [-0.4, -0.2) is 33.4 Å². The van der Waals surface area contributed by atoms with Gasteiger partial charge in [0.1, 0.15) is 0 Å². The Morgan fingerprint density at radius 3 is 2.82 bits per heavy atom. The number of aromatic nitrogens is 2. The number of aromatic amines is 1. The third kappa shape index (κ3) is 2.24. The van der Waals surface area contributed by atoms with Gasteiger partial charge in [0, 0.05) is 23.6 Å². The van der Waals surface area contributed by atoms with E-state index >= 15 is 0 Å². The van der Waals surface area contributed by atoms with Crippen molar-refractivity contribution in [3.05, 3.63) is 65.0 Å². The van der Waals surface area contributed by atoms with E-state index in [9.17, 15) is 4.79 Å². The average molecular weight is 374 g/mol. The molecule has 1 aliphatic carbocycles. The van der Waals surface area contributed by atoms with Crippen LogP contribution in [0.1, 0.15) is 54.2 Å². The molecule has 5 rings (SSSR count). The molecule has 1 unspecified atom stereocenters. The highest BCUT2D eigenvalue weighted by molar-refractivity contribution is 5.97. The Morgan fingerprint density at radius 1 is 1.18 bits per heavy atom. The molecule has 4 nitrogen and oxygen atoms in total. The number of benzene rings is 2. The molecule has 4 heteroatoms. The second-order valence-electron chi connectivity index (χ2n) is 9.32. The van der Waals surface area contributed by atoms with Crippen LogP contribution in [0.2, 0.25) is 0 Å². The zero-order valence-electron chi connectivity index (χ0n) is 17.0. The third-order valence-electron chi connectivity index (χ3n) is 7.68. The van der Waals surface area contributed by atoms with Crippen molar-refractivity contribution in [3.63, 3.8) is 0 Å². The van der Waals surface area contributed by atoms with Crippen molar-refractivity contribution in [1.29, 1.82) is 0 Å². The number of amides is 1. The fourth-order valence-electron chi connectivity index (χ4n) is 5.54. The third-order valence-corrected chi connectivity index (χ3v) is 7.68. The summed E-state index contributed by atoms with van der Waals surface area (Å²) in [6, 6.07) is 12.9. The summed E-state index contributed by atoms with van der Waals surface area (Å²) in [5.41, 5.74) is 6.83. The number of nitrogens with one attached hydrogen (secondary N) is 1. The van der Waals surface area contributed by atoms with Crippen molar-refractivity contribution < 1.29 is 4.79 Å². The fraction of sp³-hybridized carbons (Fsp3) is 0.417. The van der Waals surface area contributed by atoms with Gasteiger partial charge in [0.05, 0.1) is 17.4 Å². The molecule has 2 heterocycles. The van der Waals surface area contributed by atoms with E-state index in [1.807, 2.05) is 18.2 Å². The van der Waals surface area contributed by atoms with Crippen molar-refractivity contribution >= 4 is 16.9 Å². The van der Waals surface area contributed by atoms with Crippen molar-refractivity contribution in [3.8, 4) is 0 Å². The van der Waals surface area contributed by atoms with E-state index in [1.165, 1.54) is 16.7 Å². The number of rotatable bonds is 1. The first-order valence-electron chi connectivity index (χ1n) is 10.2. The second-order valence-corrected chi connectivity index (χ2v) is 9.32. The van der Waals surface area contributed by atoms with E-state index in [2.05, 4.69) is 60.8 Å². The largest absolute Gasteiger partial charge is 0.345 e. The van der Waals surface area contributed by atoms with Crippen molar-refractivity contribution in [2.75, 3.05) is 6.54 Å². The van der Waals surface area contributed by atoms with E-state index < -0.39 is 0 Å². The Labute approximate surface area is 166 Å². The molecule has 1 aliphatic heterocycles. The summed E-state index contributed by atoms with van der Waals surface area (Å²) >= 11 is 0. The minimum absolute atomic E-state index is 0.0151. The van der Waals surface area contributed by atoms with Crippen LogP contribution in [0.25, 0.3) is 11.0 Å². The number of hydrogen-bond donors (Lipinski definition) is 1. The number of fused-ring (bicyclic) bond motifs is 5. The number of imidazole rings is 1. The number of hydrogen-bond acceptors (Lipinski definition) is 2. The predicted molar refractivity (Wildman–Crippen MR) is 112 cm³/mol. The molecule has 0 saturated carbocycles. The Balaban J connectivity index is 1.57. The number of aryl methyl sites for hydroxylation is 1. The molecule has 3 aromatic rings. The highest BCUT2D eigenvalue weighted by Gasteiger charge is 2.56. The van der Waals surface area contributed by atoms with E-state index in [4.69, 9.17) is 0 Å². The van der Waals surface area contributed by atoms with Gasteiger partial charge in [0.25, 0.3) is 5.91 Å². The minimum Gasteiger partial charge on any atom is -0.345 e. The molecule has 28 heavy (non-hydrogen) atoms. The molecule has 144 valence electrons. The van der Waals surface area contributed by atoms with Crippen LogP contribution >= 0.6 is 0 Å². The minimum atomic E-state index is 0.0151. The predicted octanol–water partition coefficient (Wildman–Crippen LogP) is 4.63. The summed E-state index contributed by atoms with van der Waals surface area (Å²) in [4.78, 5) is 23.0. The van der Waals surface area contributed by atoms with Crippen LogP contribution in [0.15, 0.2) is 42.7 Å². The van der Waals surface area contributed by atoms with Gasteiger partial charge < -0.3 is 9.88 Å². The van der Waals surface area contributed by atoms with Crippen LogP contribution in [0.5, 0.6) is 0 Å². The Morgan fingerprint density at radius 2 is 2.00 bits per heavy atom.